The molecule has 3 N–H and O–H groups in total. The van der Waals surface area contributed by atoms with Crippen LogP contribution in [0, 0.1) is 0 Å². The summed E-state index contributed by atoms with van der Waals surface area (Å²) in [6.07, 6.45) is 0.891. The van der Waals surface area contributed by atoms with E-state index in [4.69, 9.17) is 5.73 Å². The number of hydrogen-bond donors (Lipinski definition) is 2. The largest absolute Gasteiger partial charge is 0.366 e. The topological polar surface area (TPSA) is 106 Å². The van der Waals surface area contributed by atoms with Gasteiger partial charge in [0.2, 0.25) is 11.8 Å². The van der Waals surface area contributed by atoms with Crippen molar-refractivity contribution >= 4 is 29.3 Å². The summed E-state index contributed by atoms with van der Waals surface area (Å²) in [6, 6.07) is 16.8. The van der Waals surface area contributed by atoms with Gasteiger partial charge in [-0.15, -0.1) is 10.2 Å². The van der Waals surface area contributed by atoms with Crippen LogP contribution in [0.2, 0.25) is 0 Å². The molecule has 0 aliphatic heterocycles. The molecule has 0 aliphatic carbocycles. The Morgan fingerprint density at radius 3 is 2.33 bits per heavy atom. The summed E-state index contributed by atoms with van der Waals surface area (Å²) in [5, 5.41) is 12.1. The molecule has 0 saturated carbocycles. The van der Waals surface area contributed by atoms with E-state index in [1.165, 1.54) is 11.8 Å². The molecule has 2 aromatic carbocycles. The first-order valence-electron chi connectivity index (χ1n) is 10.8. The van der Waals surface area contributed by atoms with E-state index in [-0.39, 0.29) is 11.9 Å². The summed E-state index contributed by atoms with van der Waals surface area (Å²) in [6.45, 7) is 4.58. The molecular formula is C24H30N6O2S. The number of hydrogen-bond acceptors (Lipinski definition) is 6. The van der Waals surface area contributed by atoms with Crippen LogP contribution in [-0.4, -0.2) is 50.8 Å². The lowest BCUT2D eigenvalue weighted by Crippen LogP contribution is -2.25. The van der Waals surface area contributed by atoms with Gasteiger partial charge in [-0.3, -0.25) is 14.5 Å². The quantitative estimate of drug-likeness (QED) is 0.443. The molecule has 0 radical (unpaired) electrons. The summed E-state index contributed by atoms with van der Waals surface area (Å²) in [5.74, 6) is 0.208. The van der Waals surface area contributed by atoms with E-state index in [0.717, 1.165) is 17.8 Å². The summed E-state index contributed by atoms with van der Waals surface area (Å²) in [7, 11) is 4.06. The van der Waals surface area contributed by atoms with Crippen molar-refractivity contribution in [3.8, 4) is 0 Å². The monoisotopic (exact) mass is 466 g/mol. The van der Waals surface area contributed by atoms with Crippen molar-refractivity contribution in [3.05, 3.63) is 71.5 Å². The second kappa shape index (κ2) is 11.1. The number of carbonyl (C=O) groups is 2. The zero-order valence-corrected chi connectivity index (χ0v) is 20.2. The zero-order valence-electron chi connectivity index (χ0n) is 19.4. The fourth-order valence-electron chi connectivity index (χ4n) is 3.50. The van der Waals surface area contributed by atoms with Crippen molar-refractivity contribution < 1.29 is 9.59 Å². The number of nitrogens with two attached hydrogens (primary N) is 1. The van der Waals surface area contributed by atoms with Crippen molar-refractivity contribution in [2.24, 2.45) is 5.73 Å². The Kier molecular flexibility index (Phi) is 8.24. The van der Waals surface area contributed by atoms with Crippen LogP contribution in [0.25, 0.3) is 0 Å². The predicted octanol–water partition coefficient (Wildman–Crippen LogP) is 3.56. The van der Waals surface area contributed by atoms with Gasteiger partial charge in [-0.25, -0.2) is 0 Å². The Morgan fingerprint density at radius 1 is 1.09 bits per heavy atom. The zero-order chi connectivity index (χ0) is 24.0. The molecule has 1 heterocycles. The number of benzene rings is 2. The van der Waals surface area contributed by atoms with Crippen molar-refractivity contribution in [1.82, 2.24) is 19.7 Å². The van der Waals surface area contributed by atoms with Gasteiger partial charge >= 0.3 is 0 Å². The molecule has 0 fully saturated rings. The number of nitrogens with zero attached hydrogens (tertiary/aromatic N) is 4. The first-order chi connectivity index (χ1) is 15.8. The van der Waals surface area contributed by atoms with Crippen molar-refractivity contribution in [1.29, 1.82) is 0 Å². The molecule has 0 bridgehead atoms. The molecule has 3 rings (SSSR count). The smallest absolute Gasteiger partial charge is 0.248 e. The van der Waals surface area contributed by atoms with Gasteiger partial charge < -0.3 is 15.6 Å². The van der Waals surface area contributed by atoms with Crippen LogP contribution in [0.4, 0.5) is 5.69 Å². The van der Waals surface area contributed by atoms with Crippen LogP contribution in [-0.2, 0) is 11.3 Å². The Hall–Kier alpha value is -3.17. The highest BCUT2D eigenvalue weighted by Gasteiger charge is 2.25. The summed E-state index contributed by atoms with van der Waals surface area (Å²) in [4.78, 5) is 26.2. The van der Waals surface area contributed by atoms with Crippen LogP contribution in [0.15, 0.2) is 59.8 Å². The Bertz CT molecular complexity index is 1080. The van der Waals surface area contributed by atoms with Gasteiger partial charge in [0, 0.05) is 11.3 Å². The maximum Gasteiger partial charge on any atom is 0.248 e. The van der Waals surface area contributed by atoms with Crippen LogP contribution in [0.3, 0.4) is 0 Å². The molecule has 0 spiro atoms. The highest BCUT2D eigenvalue weighted by Crippen LogP contribution is 2.29. The third-order valence-electron chi connectivity index (χ3n) is 5.33. The van der Waals surface area contributed by atoms with Gasteiger partial charge in [-0.2, -0.15) is 0 Å². The number of anilines is 1. The van der Waals surface area contributed by atoms with Gasteiger partial charge in [-0.05, 0) is 57.3 Å². The maximum absolute atomic E-state index is 12.8. The van der Waals surface area contributed by atoms with Gasteiger partial charge in [0.1, 0.15) is 0 Å². The van der Waals surface area contributed by atoms with Gasteiger partial charge in [-0.1, -0.05) is 49.0 Å². The molecule has 2 atom stereocenters. The van der Waals surface area contributed by atoms with Crippen molar-refractivity contribution in [2.75, 3.05) is 19.4 Å². The van der Waals surface area contributed by atoms with Gasteiger partial charge in [0.05, 0.1) is 17.8 Å². The molecule has 0 unspecified atom stereocenters. The van der Waals surface area contributed by atoms with Crippen LogP contribution >= 0.6 is 11.8 Å². The van der Waals surface area contributed by atoms with E-state index in [1.807, 2.05) is 39.2 Å². The standard InChI is InChI=1S/C24H30N6O2S/c1-5-20(29(3)4)22-27-28-24(30(22)15-17-9-7-6-8-10-17)33-16(2)23(32)26-19-13-11-18(12-14-19)21(25)31/h6-14,16,20H,5,15H2,1-4H3,(H2,25,31)(H,26,32)/t16-,20+/m0/s1. The lowest BCUT2D eigenvalue weighted by atomic mass is 10.2. The molecule has 174 valence electrons. The molecule has 0 aliphatic rings. The number of primary amides is 1. The summed E-state index contributed by atoms with van der Waals surface area (Å²) >= 11 is 1.37. The summed E-state index contributed by atoms with van der Waals surface area (Å²) < 4.78 is 2.10. The summed E-state index contributed by atoms with van der Waals surface area (Å²) in [5.41, 5.74) is 7.40. The number of thioether (sulfide) groups is 1. The second-order valence-corrected chi connectivity index (χ2v) is 9.30. The lowest BCUT2D eigenvalue weighted by molar-refractivity contribution is -0.115. The van der Waals surface area contributed by atoms with E-state index in [0.29, 0.717) is 23.0 Å². The Balaban J connectivity index is 1.80. The van der Waals surface area contributed by atoms with Gasteiger partial charge in [0.25, 0.3) is 0 Å². The molecule has 1 aromatic heterocycles. The normalized spacial score (nSPS) is 13.0. The minimum absolute atomic E-state index is 0.114. The SMILES string of the molecule is CC[C@H](c1nnc(S[C@@H](C)C(=O)Nc2ccc(C(N)=O)cc2)n1Cc1ccccc1)N(C)C. The minimum Gasteiger partial charge on any atom is -0.366 e. The number of amides is 2. The van der Waals surface area contributed by atoms with Crippen LogP contribution in [0.5, 0.6) is 0 Å². The third-order valence-corrected chi connectivity index (χ3v) is 6.41. The van der Waals surface area contributed by atoms with Crippen LogP contribution < -0.4 is 11.1 Å². The molecular weight excluding hydrogens is 436 g/mol. The number of nitrogens with one attached hydrogen (secondary N) is 1. The fraction of sp³-hybridized carbons (Fsp3) is 0.333. The average molecular weight is 467 g/mol. The first-order valence-corrected chi connectivity index (χ1v) is 11.7. The highest BCUT2D eigenvalue weighted by molar-refractivity contribution is 8.00. The number of rotatable bonds is 10. The maximum atomic E-state index is 12.8. The Morgan fingerprint density at radius 2 is 1.76 bits per heavy atom. The third kappa shape index (κ3) is 6.21. The predicted molar refractivity (Wildman–Crippen MR) is 131 cm³/mol. The van der Waals surface area contributed by atoms with Crippen molar-refractivity contribution in [3.63, 3.8) is 0 Å². The van der Waals surface area contributed by atoms with E-state index < -0.39 is 11.2 Å². The highest BCUT2D eigenvalue weighted by atomic mass is 32.2. The molecule has 3 aromatic rings. The first kappa shape index (κ1) is 24.5. The van der Waals surface area contributed by atoms with E-state index in [1.54, 1.807) is 24.3 Å². The average Bonchev–Trinajstić information content (AvgIpc) is 3.16. The molecule has 33 heavy (non-hydrogen) atoms. The van der Waals surface area contributed by atoms with Gasteiger partial charge in [0.15, 0.2) is 11.0 Å². The molecule has 0 saturated heterocycles. The fourth-order valence-corrected chi connectivity index (χ4v) is 4.36. The minimum atomic E-state index is -0.506. The molecule has 9 heteroatoms. The second-order valence-electron chi connectivity index (χ2n) is 7.99. The number of aromatic nitrogens is 3. The Labute approximate surface area is 198 Å². The van der Waals surface area contributed by atoms with E-state index in [2.05, 4.69) is 44.0 Å². The number of carbonyl (C=O) groups excluding carboxylic acids is 2. The molecule has 8 nitrogen and oxygen atoms in total. The van der Waals surface area contributed by atoms with Crippen molar-refractivity contribution in [2.45, 2.75) is 43.3 Å². The van der Waals surface area contributed by atoms with E-state index in [9.17, 15) is 9.59 Å². The lowest BCUT2D eigenvalue weighted by Gasteiger charge is -2.23. The van der Waals surface area contributed by atoms with Crippen LogP contribution in [0.1, 0.15) is 48.1 Å². The molecule has 2 amide bonds. The van der Waals surface area contributed by atoms with E-state index >= 15 is 0 Å².